The van der Waals surface area contributed by atoms with Crippen LogP contribution in [-0.4, -0.2) is 15.2 Å². The molecule has 0 aliphatic carbocycles. The molecule has 0 aliphatic heterocycles. The molecule has 0 aliphatic rings. The average molecular weight is 196 g/mol. The Hall–Kier alpha value is -0.803. The first-order valence-corrected chi connectivity index (χ1v) is 7.34. The zero-order valence-electron chi connectivity index (χ0n) is 8.41. The van der Waals surface area contributed by atoms with Crippen LogP contribution in [-0.2, 0) is 4.43 Å². The summed E-state index contributed by atoms with van der Waals surface area (Å²) in [7, 11) is -1.94. The van der Waals surface area contributed by atoms with Crippen molar-refractivity contribution in [2.45, 2.75) is 20.0 Å². The third-order valence-electron chi connectivity index (χ3n) is 1.60. The summed E-state index contributed by atoms with van der Waals surface area (Å²) in [4.78, 5) is 0. The van der Waals surface area contributed by atoms with Crippen LogP contribution in [0.4, 0.5) is 0 Å². The molecule has 0 unspecified atom stereocenters. The van der Waals surface area contributed by atoms with Crippen LogP contribution >= 0.6 is 0 Å². The smallest absolute Gasteiger partial charge is 0.392 e. The third-order valence-corrected chi connectivity index (χ3v) is 3.31. The van der Waals surface area contributed by atoms with Crippen molar-refractivity contribution in [3.63, 3.8) is 0 Å². The Morgan fingerprint density at radius 2 is 1.77 bits per heavy atom. The lowest BCUT2D eigenvalue weighted by Gasteiger charge is -2.22. The number of benzene rings is 1. The van der Waals surface area contributed by atoms with Gasteiger partial charge in [-0.05, 0) is 32.2 Å². The summed E-state index contributed by atoms with van der Waals surface area (Å²) in [6, 6.07) is 9.81. The number of hydrogen-bond acceptors (Lipinski definition) is 2. The van der Waals surface area contributed by atoms with E-state index in [4.69, 9.17) is 8.85 Å². The zero-order valence-corrected chi connectivity index (χ0v) is 9.41. The molecule has 3 heteroatoms. The van der Waals surface area contributed by atoms with Gasteiger partial charge in [0.2, 0.25) is 0 Å². The highest BCUT2D eigenvalue weighted by Gasteiger charge is 2.25. The summed E-state index contributed by atoms with van der Waals surface area (Å²) in [6.45, 7) is 6.79. The van der Waals surface area contributed by atoms with Crippen LogP contribution in [0.5, 0.6) is 5.75 Å². The molecule has 0 amide bonds. The predicted molar refractivity (Wildman–Crippen MR) is 56.2 cm³/mol. The molecule has 1 aromatic rings. The Morgan fingerprint density at radius 3 is 2.31 bits per heavy atom. The highest BCUT2D eigenvalue weighted by Crippen LogP contribution is 2.15. The van der Waals surface area contributed by atoms with E-state index in [2.05, 4.69) is 0 Å². The molecule has 0 atom stereocenters. The van der Waals surface area contributed by atoms with Crippen LogP contribution in [0.3, 0.4) is 0 Å². The topological polar surface area (TPSA) is 18.5 Å². The second kappa shape index (κ2) is 4.44. The van der Waals surface area contributed by atoms with E-state index in [0.29, 0.717) is 6.61 Å². The molecule has 72 valence electrons. The zero-order chi connectivity index (χ0) is 9.73. The summed E-state index contributed by atoms with van der Waals surface area (Å²) in [5.74, 6) is 0.896. The molecule has 13 heavy (non-hydrogen) atoms. The van der Waals surface area contributed by atoms with Gasteiger partial charge in [0.05, 0.1) is 0 Å². The van der Waals surface area contributed by atoms with E-state index in [1.807, 2.05) is 50.3 Å². The number of hydrogen-bond donors (Lipinski definition) is 0. The molecule has 0 aromatic heterocycles. The fourth-order valence-electron chi connectivity index (χ4n) is 1.15. The van der Waals surface area contributed by atoms with Gasteiger partial charge in [-0.3, -0.25) is 0 Å². The maximum absolute atomic E-state index is 5.76. The molecule has 0 radical (unpaired) electrons. The molecular weight excluding hydrogens is 180 g/mol. The van der Waals surface area contributed by atoms with E-state index in [1.165, 1.54) is 0 Å². The summed E-state index contributed by atoms with van der Waals surface area (Å²) >= 11 is 0. The SMILES string of the molecule is CCO[Si](C)(C)Oc1ccccc1. The van der Waals surface area contributed by atoms with Crippen molar-refractivity contribution >= 4 is 8.56 Å². The third kappa shape index (κ3) is 3.61. The van der Waals surface area contributed by atoms with Crippen molar-refractivity contribution in [1.82, 2.24) is 0 Å². The van der Waals surface area contributed by atoms with Crippen LogP contribution in [0.25, 0.3) is 0 Å². The summed E-state index contributed by atoms with van der Waals surface area (Å²) in [5, 5.41) is 0. The van der Waals surface area contributed by atoms with Crippen molar-refractivity contribution in [1.29, 1.82) is 0 Å². The van der Waals surface area contributed by atoms with Gasteiger partial charge < -0.3 is 8.85 Å². The molecule has 0 saturated carbocycles. The van der Waals surface area contributed by atoms with E-state index >= 15 is 0 Å². The average Bonchev–Trinajstić information content (AvgIpc) is 2.04. The highest BCUT2D eigenvalue weighted by molar-refractivity contribution is 6.65. The van der Waals surface area contributed by atoms with Gasteiger partial charge in [0, 0.05) is 6.61 Å². The minimum absolute atomic E-state index is 0.714. The monoisotopic (exact) mass is 196 g/mol. The van der Waals surface area contributed by atoms with E-state index in [1.54, 1.807) is 0 Å². The predicted octanol–water partition coefficient (Wildman–Crippen LogP) is 2.80. The number of para-hydroxylation sites is 1. The largest absolute Gasteiger partial charge is 0.520 e. The van der Waals surface area contributed by atoms with Crippen LogP contribution in [0, 0.1) is 0 Å². The summed E-state index contributed by atoms with van der Waals surface area (Å²) in [6.07, 6.45) is 0. The lowest BCUT2D eigenvalue weighted by atomic mass is 10.3. The molecular formula is C10H16O2Si. The molecule has 0 fully saturated rings. The van der Waals surface area contributed by atoms with Gasteiger partial charge in [-0.2, -0.15) is 0 Å². The molecule has 0 heterocycles. The minimum Gasteiger partial charge on any atom is -0.520 e. The Morgan fingerprint density at radius 1 is 1.15 bits per heavy atom. The first-order valence-electron chi connectivity index (χ1n) is 4.52. The lowest BCUT2D eigenvalue weighted by molar-refractivity contribution is 0.264. The van der Waals surface area contributed by atoms with Crippen molar-refractivity contribution in [3.8, 4) is 5.75 Å². The Bertz CT molecular complexity index is 246. The maximum atomic E-state index is 5.76. The van der Waals surface area contributed by atoms with Gasteiger partial charge in [0.1, 0.15) is 5.75 Å². The summed E-state index contributed by atoms with van der Waals surface area (Å²) < 4.78 is 11.3. The molecule has 1 aromatic carbocycles. The summed E-state index contributed by atoms with van der Waals surface area (Å²) in [5.41, 5.74) is 0. The van der Waals surface area contributed by atoms with Gasteiger partial charge in [-0.15, -0.1) is 0 Å². The second-order valence-electron chi connectivity index (χ2n) is 3.25. The van der Waals surface area contributed by atoms with Crippen molar-refractivity contribution in [3.05, 3.63) is 30.3 Å². The molecule has 1 rings (SSSR count). The van der Waals surface area contributed by atoms with Gasteiger partial charge >= 0.3 is 8.56 Å². The minimum atomic E-state index is -1.94. The van der Waals surface area contributed by atoms with E-state index < -0.39 is 8.56 Å². The lowest BCUT2D eigenvalue weighted by Crippen LogP contribution is -2.38. The van der Waals surface area contributed by atoms with Gasteiger partial charge in [-0.25, -0.2) is 0 Å². The first-order chi connectivity index (χ1) is 6.14. The van der Waals surface area contributed by atoms with Crippen molar-refractivity contribution in [2.24, 2.45) is 0 Å². The van der Waals surface area contributed by atoms with Crippen LogP contribution in [0.15, 0.2) is 30.3 Å². The second-order valence-corrected chi connectivity index (χ2v) is 6.54. The fraction of sp³-hybridized carbons (Fsp3) is 0.400. The van der Waals surface area contributed by atoms with Gasteiger partial charge in [-0.1, -0.05) is 18.2 Å². The fourth-order valence-corrected chi connectivity index (χ4v) is 2.61. The molecule has 0 N–H and O–H groups in total. The maximum Gasteiger partial charge on any atom is 0.392 e. The van der Waals surface area contributed by atoms with Crippen LogP contribution < -0.4 is 4.43 Å². The molecule has 0 bridgehead atoms. The van der Waals surface area contributed by atoms with Gasteiger partial charge in [0.25, 0.3) is 0 Å². The van der Waals surface area contributed by atoms with E-state index in [9.17, 15) is 0 Å². The van der Waals surface area contributed by atoms with E-state index in [-0.39, 0.29) is 0 Å². The van der Waals surface area contributed by atoms with Gasteiger partial charge in [0.15, 0.2) is 0 Å². The van der Waals surface area contributed by atoms with Crippen LogP contribution in [0.2, 0.25) is 13.1 Å². The Kier molecular flexibility index (Phi) is 3.51. The highest BCUT2D eigenvalue weighted by atomic mass is 28.4. The van der Waals surface area contributed by atoms with Crippen molar-refractivity contribution < 1.29 is 8.85 Å². The normalized spacial score (nSPS) is 11.3. The quantitative estimate of drug-likeness (QED) is 0.689. The first kappa shape index (κ1) is 10.3. The molecule has 0 spiro atoms. The Labute approximate surface area is 80.7 Å². The van der Waals surface area contributed by atoms with Crippen molar-refractivity contribution in [2.75, 3.05) is 6.61 Å². The van der Waals surface area contributed by atoms with Crippen LogP contribution in [0.1, 0.15) is 6.92 Å². The Balaban J connectivity index is 2.58. The van der Waals surface area contributed by atoms with E-state index in [0.717, 1.165) is 5.75 Å². The molecule has 2 nitrogen and oxygen atoms in total. The standard InChI is InChI=1S/C10H16O2Si/c1-4-11-13(2,3)12-10-8-6-5-7-9-10/h5-9H,4H2,1-3H3. The molecule has 0 saturated heterocycles. The number of rotatable bonds is 4.